The van der Waals surface area contributed by atoms with Gasteiger partial charge in [-0.15, -0.1) is 0 Å². The standard InChI is InChI=1S/C27H33BrN2O6SSi/c1-33-22-7-6-8-23(34-2)25(22)37(31,32)30(17-35-13-14-38(3,4)5)26-20-16-27(11-12-27)21-10-9-18(28)15-19(21)24(20)36-29-26/h6-10,15H,11-14,16-17H2,1-5H3. The molecule has 0 atom stereocenters. The van der Waals surface area contributed by atoms with E-state index in [9.17, 15) is 8.42 Å². The van der Waals surface area contributed by atoms with Crippen molar-refractivity contribution in [3.8, 4) is 22.8 Å². The summed E-state index contributed by atoms with van der Waals surface area (Å²) in [6.07, 6.45) is 2.72. The number of fused-ring (bicyclic) bond motifs is 4. The fourth-order valence-corrected chi connectivity index (χ4v) is 7.75. The van der Waals surface area contributed by atoms with Gasteiger partial charge in [-0.2, -0.15) is 0 Å². The largest absolute Gasteiger partial charge is 0.495 e. The SMILES string of the molecule is COc1cccc(OC)c1S(=O)(=O)N(COCC[Si](C)(C)C)c1noc2c1CC1(CC1)c1ccc(Br)cc1-2. The maximum Gasteiger partial charge on any atom is 0.274 e. The lowest BCUT2D eigenvalue weighted by Crippen LogP contribution is -2.36. The number of hydrogen-bond acceptors (Lipinski definition) is 7. The van der Waals surface area contributed by atoms with Crippen LogP contribution in [0.1, 0.15) is 24.0 Å². The van der Waals surface area contributed by atoms with Crippen molar-refractivity contribution in [3.05, 3.63) is 52.0 Å². The third-order valence-electron chi connectivity index (χ3n) is 7.31. The average molecular weight is 622 g/mol. The van der Waals surface area contributed by atoms with Gasteiger partial charge in [0.1, 0.15) is 18.2 Å². The van der Waals surface area contributed by atoms with Crippen LogP contribution in [-0.2, 0) is 26.6 Å². The number of hydrogen-bond donors (Lipinski definition) is 0. The molecule has 2 aliphatic rings. The second-order valence-corrected chi connectivity index (χ2v) is 19.5. The van der Waals surface area contributed by atoms with Gasteiger partial charge in [0.25, 0.3) is 10.0 Å². The number of halogens is 1. The quantitative estimate of drug-likeness (QED) is 0.151. The summed E-state index contributed by atoms with van der Waals surface area (Å²) in [5.74, 6) is 1.21. The Morgan fingerprint density at radius 3 is 2.39 bits per heavy atom. The average Bonchev–Trinajstić information content (AvgIpc) is 3.52. The molecule has 0 aliphatic heterocycles. The summed E-state index contributed by atoms with van der Waals surface area (Å²) in [6, 6.07) is 12.0. The van der Waals surface area contributed by atoms with Crippen LogP contribution in [0.15, 0.2) is 50.3 Å². The molecule has 1 fully saturated rings. The van der Waals surface area contributed by atoms with Gasteiger partial charge in [-0.25, -0.2) is 12.7 Å². The van der Waals surface area contributed by atoms with E-state index < -0.39 is 18.1 Å². The normalized spacial score (nSPS) is 15.6. The first-order chi connectivity index (χ1) is 18.0. The first kappa shape index (κ1) is 27.2. The van der Waals surface area contributed by atoms with Crippen molar-refractivity contribution in [3.63, 3.8) is 0 Å². The highest BCUT2D eigenvalue weighted by Crippen LogP contribution is 2.59. The number of rotatable bonds is 10. The zero-order valence-electron chi connectivity index (χ0n) is 22.3. The Hall–Kier alpha value is -2.34. The maximum absolute atomic E-state index is 14.3. The van der Waals surface area contributed by atoms with Crippen LogP contribution in [0.5, 0.6) is 11.5 Å². The van der Waals surface area contributed by atoms with E-state index in [1.165, 1.54) is 24.1 Å². The third-order valence-corrected chi connectivity index (χ3v) is 11.3. The van der Waals surface area contributed by atoms with Gasteiger partial charge in [-0.05, 0) is 55.1 Å². The molecule has 11 heteroatoms. The minimum atomic E-state index is -4.22. The van der Waals surface area contributed by atoms with Crippen molar-refractivity contribution in [2.45, 2.75) is 55.3 Å². The molecule has 1 aromatic heterocycles. The van der Waals surface area contributed by atoms with Gasteiger partial charge in [-0.1, -0.05) is 52.9 Å². The van der Waals surface area contributed by atoms with Gasteiger partial charge in [0, 0.05) is 35.7 Å². The molecule has 1 spiro atoms. The van der Waals surface area contributed by atoms with Crippen molar-refractivity contribution in [1.82, 2.24) is 5.16 Å². The van der Waals surface area contributed by atoms with Crippen LogP contribution in [0.3, 0.4) is 0 Å². The van der Waals surface area contributed by atoms with Crippen LogP contribution in [0.2, 0.25) is 25.7 Å². The van der Waals surface area contributed by atoms with Crippen LogP contribution in [-0.4, -0.2) is 49.2 Å². The first-order valence-electron chi connectivity index (χ1n) is 12.6. The van der Waals surface area contributed by atoms with Crippen LogP contribution < -0.4 is 13.8 Å². The Kier molecular flexibility index (Phi) is 7.17. The van der Waals surface area contributed by atoms with Gasteiger partial charge in [0.15, 0.2) is 16.5 Å². The lowest BCUT2D eigenvalue weighted by molar-refractivity contribution is 0.155. The monoisotopic (exact) mass is 620 g/mol. The Bertz CT molecular complexity index is 1440. The molecule has 0 bridgehead atoms. The fraction of sp³-hybridized carbons (Fsp3) is 0.444. The molecular formula is C27H33BrN2O6SSi. The lowest BCUT2D eigenvalue weighted by atomic mass is 9.79. The number of anilines is 1. The van der Waals surface area contributed by atoms with Crippen LogP contribution in [0.25, 0.3) is 11.3 Å². The van der Waals surface area contributed by atoms with Crippen LogP contribution >= 0.6 is 15.9 Å². The third kappa shape index (κ3) is 4.89. The van der Waals surface area contributed by atoms with Gasteiger partial charge < -0.3 is 18.7 Å². The van der Waals surface area contributed by atoms with Crippen LogP contribution in [0, 0.1) is 0 Å². The second-order valence-electron chi connectivity index (χ2n) is 11.2. The molecule has 1 saturated carbocycles. The first-order valence-corrected chi connectivity index (χ1v) is 18.6. The topological polar surface area (TPSA) is 91.1 Å². The summed E-state index contributed by atoms with van der Waals surface area (Å²) in [6.45, 7) is 7.01. The molecule has 0 unspecified atom stereocenters. The minimum absolute atomic E-state index is 0.0282. The molecule has 0 saturated heterocycles. The van der Waals surface area contributed by atoms with E-state index in [4.69, 9.17) is 18.7 Å². The number of aromatic nitrogens is 1. The van der Waals surface area contributed by atoms with E-state index in [0.29, 0.717) is 18.8 Å². The predicted octanol–water partition coefficient (Wildman–Crippen LogP) is 6.22. The number of benzene rings is 2. The highest BCUT2D eigenvalue weighted by Gasteiger charge is 2.51. The van der Waals surface area contributed by atoms with E-state index in [1.54, 1.807) is 18.2 Å². The van der Waals surface area contributed by atoms with Crippen molar-refractivity contribution in [1.29, 1.82) is 0 Å². The maximum atomic E-state index is 14.3. The Morgan fingerprint density at radius 2 is 1.79 bits per heavy atom. The summed E-state index contributed by atoms with van der Waals surface area (Å²) >= 11 is 3.58. The molecule has 2 aromatic carbocycles. The Balaban J connectivity index is 1.62. The zero-order valence-corrected chi connectivity index (χ0v) is 25.7. The molecule has 5 rings (SSSR count). The fourth-order valence-electron chi connectivity index (χ4n) is 5.02. The van der Waals surface area contributed by atoms with E-state index in [0.717, 1.165) is 34.5 Å². The smallest absolute Gasteiger partial charge is 0.274 e. The van der Waals surface area contributed by atoms with Crippen molar-refractivity contribution >= 4 is 39.8 Å². The molecule has 0 radical (unpaired) electrons. The molecule has 1 heterocycles. The van der Waals surface area contributed by atoms with Gasteiger partial charge in [0.05, 0.1) is 14.2 Å². The van der Waals surface area contributed by atoms with Crippen LogP contribution in [0.4, 0.5) is 5.82 Å². The van der Waals surface area contributed by atoms with E-state index >= 15 is 0 Å². The molecule has 8 nitrogen and oxygen atoms in total. The van der Waals surface area contributed by atoms with Crippen molar-refractivity contribution < 1.29 is 27.2 Å². The van der Waals surface area contributed by atoms with Crippen molar-refractivity contribution in [2.75, 3.05) is 31.9 Å². The molecular weight excluding hydrogens is 588 g/mol. The number of methoxy groups -OCH3 is 2. The number of nitrogens with zero attached hydrogens (tertiary/aromatic N) is 2. The lowest BCUT2D eigenvalue weighted by Gasteiger charge is -2.28. The summed E-state index contributed by atoms with van der Waals surface area (Å²) in [5.41, 5.74) is 2.92. The molecule has 0 N–H and O–H groups in total. The summed E-state index contributed by atoms with van der Waals surface area (Å²) < 4.78 is 53.6. The van der Waals surface area contributed by atoms with E-state index in [1.807, 2.05) is 12.1 Å². The molecule has 38 heavy (non-hydrogen) atoms. The Morgan fingerprint density at radius 1 is 1.11 bits per heavy atom. The highest BCUT2D eigenvalue weighted by atomic mass is 79.9. The Labute approximate surface area is 233 Å². The van der Waals surface area contributed by atoms with Gasteiger partial charge >= 0.3 is 0 Å². The summed E-state index contributed by atoms with van der Waals surface area (Å²) in [5, 5.41) is 4.35. The molecule has 0 amide bonds. The zero-order chi connectivity index (χ0) is 27.3. The van der Waals surface area contributed by atoms with E-state index in [-0.39, 0.29) is 34.4 Å². The molecule has 3 aromatic rings. The number of sulfonamides is 1. The van der Waals surface area contributed by atoms with E-state index in [2.05, 4.69) is 46.8 Å². The molecule has 2 aliphatic carbocycles. The number of ether oxygens (including phenoxy) is 3. The summed E-state index contributed by atoms with van der Waals surface area (Å²) in [4.78, 5) is -0.0735. The predicted molar refractivity (Wildman–Crippen MR) is 152 cm³/mol. The highest BCUT2D eigenvalue weighted by molar-refractivity contribution is 9.10. The van der Waals surface area contributed by atoms with Gasteiger partial charge in [0.2, 0.25) is 0 Å². The van der Waals surface area contributed by atoms with Gasteiger partial charge in [-0.3, -0.25) is 0 Å². The second kappa shape index (κ2) is 10.00. The van der Waals surface area contributed by atoms with Crippen molar-refractivity contribution in [2.24, 2.45) is 0 Å². The summed E-state index contributed by atoms with van der Waals surface area (Å²) in [7, 11) is -2.74. The molecule has 204 valence electrons. The minimum Gasteiger partial charge on any atom is -0.495 e.